The molecule has 1 aliphatic carbocycles. The van der Waals surface area contributed by atoms with E-state index in [-0.39, 0.29) is 0 Å². The fourth-order valence-corrected chi connectivity index (χ4v) is 3.21. The highest BCUT2D eigenvalue weighted by molar-refractivity contribution is 5.27. The van der Waals surface area contributed by atoms with Crippen LogP contribution in [0, 0.1) is 5.92 Å². The van der Waals surface area contributed by atoms with Crippen molar-refractivity contribution in [1.29, 1.82) is 0 Å². The molecule has 0 heterocycles. The third kappa shape index (κ3) is 5.33. The summed E-state index contributed by atoms with van der Waals surface area (Å²) in [6, 6.07) is 9.05. The topological polar surface area (TPSA) is 38.5 Å². The fraction of sp³-hybridized carbons (Fsp3) is 0.667. The predicted molar refractivity (Wildman–Crippen MR) is 88.7 cm³/mol. The van der Waals surface area contributed by atoms with E-state index < -0.39 is 0 Å². The van der Waals surface area contributed by atoms with Crippen molar-refractivity contribution in [2.45, 2.75) is 45.1 Å². The van der Waals surface area contributed by atoms with Crippen LogP contribution >= 0.6 is 0 Å². The molecule has 2 rings (SSSR count). The Morgan fingerprint density at radius 1 is 1.24 bits per heavy atom. The Hall–Kier alpha value is -1.06. The van der Waals surface area contributed by atoms with Gasteiger partial charge in [0.1, 0.15) is 12.4 Å². The summed E-state index contributed by atoms with van der Waals surface area (Å²) in [5.41, 5.74) is 6.83. The van der Waals surface area contributed by atoms with Gasteiger partial charge in [-0.25, -0.2) is 0 Å². The number of likely N-dealkylation sites (N-methyl/N-ethyl adjacent to an activating group) is 1. The lowest BCUT2D eigenvalue weighted by molar-refractivity contribution is 0.141. The van der Waals surface area contributed by atoms with Crippen molar-refractivity contribution in [1.82, 2.24) is 4.90 Å². The lowest BCUT2D eigenvalue weighted by Crippen LogP contribution is -2.37. The highest BCUT2D eigenvalue weighted by atomic mass is 16.5. The zero-order valence-electron chi connectivity index (χ0n) is 13.6. The number of hydrogen-bond donors (Lipinski definition) is 1. The Morgan fingerprint density at radius 2 is 2.00 bits per heavy atom. The quantitative estimate of drug-likeness (QED) is 0.838. The minimum Gasteiger partial charge on any atom is -0.492 e. The molecule has 1 saturated carbocycles. The molecule has 118 valence electrons. The molecule has 1 fully saturated rings. The van der Waals surface area contributed by atoms with E-state index in [4.69, 9.17) is 10.5 Å². The van der Waals surface area contributed by atoms with Gasteiger partial charge in [0.2, 0.25) is 0 Å². The van der Waals surface area contributed by atoms with Crippen molar-refractivity contribution in [2.24, 2.45) is 11.7 Å². The molecule has 1 aromatic carbocycles. The Bertz CT molecular complexity index is 404. The van der Waals surface area contributed by atoms with Crippen molar-refractivity contribution < 1.29 is 4.74 Å². The zero-order chi connectivity index (χ0) is 15.1. The molecule has 0 spiro atoms. The first kappa shape index (κ1) is 16.3. The summed E-state index contributed by atoms with van der Waals surface area (Å²) in [6.07, 6.45) is 6.39. The van der Waals surface area contributed by atoms with Crippen LogP contribution < -0.4 is 10.5 Å². The van der Waals surface area contributed by atoms with E-state index in [1.165, 1.54) is 31.2 Å². The van der Waals surface area contributed by atoms with Gasteiger partial charge in [0.15, 0.2) is 0 Å². The second-order valence-electron chi connectivity index (χ2n) is 6.44. The van der Waals surface area contributed by atoms with Gasteiger partial charge in [-0.05, 0) is 56.5 Å². The molecule has 0 aliphatic heterocycles. The molecule has 0 aromatic heterocycles. The molecule has 0 bridgehead atoms. The molecule has 0 saturated heterocycles. The molecule has 2 unspecified atom stereocenters. The molecule has 3 nitrogen and oxygen atoms in total. The van der Waals surface area contributed by atoms with E-state index in [9.17, 15) is 0 Å². The Kier molecular flexibility index (Phi) is 6.52. The highest BCUT2D eigenvalue weighted by Gasteiger charge is 2.21. The van der Waals surface area contributed by atoms with Crippen LogP contribution in [-0.4, -0.2) is 37.7 Å². The van der Waals surface area contributed by atoms with Crippen LogP contribution in [0.4, 0.5) is 0 Å². The largest absolute Gasteiger partial charge is 0.492 e. The van der Waals surface area contributed by atoms with Crippen LogP contribution in [0.5, 0.6) is 5.75 Å². The number of benzene rings is 1. The molecule has 1 aliphatic rings. The van der Waals surface area contributed by atoms with Gasteiger partial charge in [-0.1, -0.05) is 31.9 Å². The maximum absolute atomic E-state index is 5.85. The summed E-state index contributed by atoms with van der Waals surface area (Å²) in [7, 11) is 2.23. The smallest absolute Gasteiger partial charge is 0.119 e. The molecular formula is C18H30N2O. The van der Waals surface area contributed by atoms with Gasteiger partial charge >= 0.3 is 0 Å². The summed E-state index contributed by atoms with van der Waals surface area (Å²) >= 11 is 0. The minimum absolute atomic E-state index is 0.699. The third-order valence-corrected chi connectivity index (χ3v) is 4.60. The summed E-state index contributed by atoms with van der Waals surface area (Å²) in [5, 5.41) is 0. The van der Waals surface area contributed by atoms with E-state index in [2.05, 4.69) is 31.0 Å². The number of rotatable bonds is 7. The standard InChI is InChI=1S/C18H30N2O/c1-15-4-3-5-17(14-15)20(2)12-13-21-18-8-6-16(7-9-18)10-11-19/h6-9,15,17H,3-5,10-14,19H2,1-2H3. The summed E-state index contributed by atoms with van der Waals surface area (Å²) in [5.74, 6) is 1.84. The van der Waals surface area contributed by atoms with Crippen LogP contribution in [-0.2, 0) is 6.42 Å². The molecule has 0 amide bonds. The van der Waals surface area contributed by atoms with E-state index in [1.807, 2.05) is 12.1 Å². The van der Waals surface area contributed by atoms with Crippen LogP contribution in [0.15, 0.2) is 24.3 Å². The van der Waals surface area contributed by atoms with Crippen molar-refractivity contribution in [3.8, 4) is 5.75 Å². The van der Waals surface area contributed by atoms with Crippen molar-refractivity contribution in [2.75, 3.05) is 26.7 Å². The minimum atomic E-state index is 0.699. The first-order chi connectivity index (χ1) is 10.2. The zero-order valence-corrected chi connectivity index (χ0v) is 13.6. The van der Waals surface area contributed by atoms with Gasteiger partial charge in [0, 0.05) is 12.6 Å². The number of nitrogens with zero attached hydrogens (tertiary/aromatic N) is 1. The molecule has 1 aromatic rings. The van der Waals surface area contributed by atoms with E-state index in [0.29, 0.717) is 6.54 Å². The van der Waals surface area contributed by atoms with Crippen molar-refractivity contribution in [3.05, 3.63) is 29.8 Å². The number of hydrogen-bond acceptors (Lipinski definition) is 3. The van der Waals surface area contributed by atoms with Gasteiger partial charge in [-0.2, -0.15) is 0 Å². The summed E-state index contributed by atoms with van der Waals surface area (Å²) in [4.78, 5) is 2.47. The molecule has 21 heavy (non-hydrogen) atoms. The molecule has 0 radical (unpaired) electrons. The first-order valence-corrected chi connectivity index (χ1v) is 8.31. The van der Waals surface area contributed by atoms with E-state index in [1.54, 1.807) is 0 Å². The number of ether oxygens (including phenoxy) is 1. The van der Waals surface area contributed by atoms with E-state index >= 15 is 0 Å². The lowest BCUT2D eigenvalue weighted by atomic mass is 9.86. The monoisotopic (exact) mass is 290 g/mol. The van der Waals surface area contributed by atoms with Gasteiger partial charge in [0.25, 0.3) is 0 Å². The molecule has 3 heteroatoms. The van der Waals surface area contributed by atoms with Crippen molar-refractivity contribution in [3.63, 3.8) is 0 Å². The second-order valence-corrected chi connectivity index (χ2v) is 6.44. The molecule has 2 atom stereocenters. The maximum Gasteiger partial charge on any atom is 0.119 e. The van der Waals surface area contributed by atoms with Gasteiger partial charge in [-0.3, -0.25) is 0 Å². The van der Waals surface area contributed by atoms with Crippen LogP contribution in [0.2, 0.25) is 0 Å². The normalized spacial score (nSPS) is 22.5. The Balaban J connectivity index is 1.70. The average Bonchev–Trinajstić information content (AvgIpc) is 2.49. The maximum atomic E-state index is 5.85. The lowest BCUT2D eigenvalue weighted by Gasteiger charge is -2.34. The summed E-state index contributed by atoms with van der Waals surface area (Å²) < 4.78 is 5.85. The Morgan fingerprint density at radius 3 is 2.67 bits per heavy atom. The fourth-order valence-electron chi connectivity index (χ4n) is 3.21. The highest BCUT2D eigenvalue weighted by Crippen LogP contribution is 2.26. The van der Waals surface area contributed by atoms with Crippen LogP contribution in [0.25, 0.3) is 0 Å². The van der Waals surface area contributed by atoms with E-state index in [0.717, 1.165) is 37.3 Å². The SMILES string of the molecule is CC1CCCC(N(C)CCOc2ccc(CCN)cc2)C1. The van der Waals surface area contributed by atoms with Gasteiger partial charge in [0.05, 0.1) is 0 Å². The second kappa shape index (κ2) is 8.40. The Labute approximate surface area is 129 Å². The third-order valence-electron chi connectivity index (χ3n) is 4.60. The van der Waals surface area contributed by atoms with Crippen LogP contribution in [0.1, 0.15) is 38.2 Å². The molecule has 2 N–H and O–H groups in total. The average molecular weight is 290 g/mol. The summed E-state index contributed by atoms with van der Waals surface area (Å²) in [6.45, 7) is 4.84. The predicted octanol–water partition coefficient (Wildman–Crippen LogP) is 3.08. The van der Waals surface area contributed by atoms with Gasteiger partial charge < -0.3 is 15.4 Å². The van der Waals surface area contributed by atoms with Crippen molar-refractivity contribution >= 4 is 0 Å². The van der Waals surface area contributed by atoms with Gasteiger partial charge in [-0.15, -0.1) is 0 Å². The first-order valence-electron chi connectivity index (χ1n) is 8.31. The molecular weight excluding hydrogens is 260 g/mol. The number of nitrogens with two attached hydrogens (primary N) is 1. The van der Waals surface area contributed by atoms with Crippen LogP contribution in [0.3, 0.4) is 0 Å².